The lowest BCUT2D eigenvalue weighted by Crippen LogP contribution is -2.26. The molecule has 4 nitrogen and oxygen atoms in total. The Morgan fingerprint density at radius 1 is 0.426 bits per heavy atom. The van der Waals surface area contributed by atoms with Gasteiger partial charge in [-0.15, -0.1) is 0 Å². The monoisotopic (exact) mass is 792 g/mol. The predicted octanol–water partition coefficient (Wildman–Crippen LogP) is 14.3. The van der Waals surface area contributed by atoms with Crippen LogP contribution in [0.5, 0.6) is 0 Å². The van der Waals surface area contributed by atoms with Crippen LogP contribution in [0.3, 0.4) is 0 Å². The van der Waals surface area contributed by atoms with E-state index in [1.165, 1.54) is 109 Å². The molecule has 300 valence electrons. The molecule has 2 aliphatic rings. The Morgan fingerprint density at radius 2 is 0.918 bits per heavy atom. The van der Waals surface area contributed by atoms with Crippen molar-refractivity contribution in [2.45, 2.75) is 86.0 Å². The summed E-state index contributed by atoms with van der Waals surface area (Å²) in [5, 5.41) is 0. The van der Waals surface area contributed by atoms with Crippen LogP contribution in [-0.2, 0) is 11.8 Å². The van der Waals surface area contributed by atoms with Gasteiger partial charge in [-0.2, -0.15) is 0 Å². The average molecular weight is 793 g/mol. The molecule has 4 heteroatoms. The summed E-state index contributed by atoms with van der Waals surface area (Å²) in [7, 11) is 0. The number of benzene rings is 6. The number of pyridine rings is 1. The number of fused-ring (bicyclic) bond motifs is 10. The highest BCUT2D eigenvalue weighted by Crippen LogP contribution is 2.63. The highest BCUT2D eigenvalue weighted by Gasteiger charge is 2.51. The Hall–Kier alpha value is -6.52. The molecule has 0 bridgehead atoms. The summed E-state index contributed by atoms with van der Waals surface area (Å²) < 4.78 is 0. The Bertz CT molecular complexity index is 2860. The largest absolute Gasteiger partial charge is 0.255 e. The Kier molecular flexibility index (Phi) is 9.63. The smallest absolute Gasteiger partial charge is 0.165 e. The normalized spacial score (nSPS) is 13.0. The molecule has 2 aromatic heterocycles. The van der Waals surface area contributed by atoms with Crippen LogP contribution in [0.25, 0.3) is 67.7 Å². The molecule has 0 amide bonds. The highest BCUT2D eigenvalue weighted by molar-refractivity contribution is 5.96. The van der Waals surface area contributed by atoms with Crippen molar-refractivity contribution in [3.05, 3.63) is 189 Å². The average Bonchev–Trinajstić information content (AvgIpc) is 3.75. The number of hydrogen-bond acceptors (Lipinski definition) is 4. The minimum absolute atomic E-state index is 0.412. The molecule has 0 aliphatic heterocycles. The quantitative estimate of drug-likeness (QED) is 0.137. The third kappa shape index (κ3) is 6.34. The first kappa shape index (κ1) is 38.7. The number of unbranched alkanes of at least 4 members (excludes halogenated alkanes) is 3. The van der Waals surface area contributed by atoms with Gasteiger partial charge < -0.3 is 0 Å². The Morgan fingerprint density at radius 3 is 1.46 bits per heavy atom. The maximum atomic E-state index is 5.15. The number of aryl methyl sites for hydroxylation is 5. The SMILES string of the molecule is CCCCCCc1ccc2c(c1)C1(c3ccccc3-c3ccccc31)c1cc(-c3ccc(-c4nc(-c5cc(C)c(C)c(C)c5)nc(-c5cc(C)c(C)c(C)c5)n4)cn3)ccc1-2. The number of aromatic nitrogens is 4. The van der Waals surface area contributed by atoms with Crippen LogP contribution in [0.2, 0.25) is 0 Å². The minimum Gasteiger partial charge on any atom is -0.255 e. The Labute approximate surface area is 360 Å². The zero-order valence-corrected chi connectivity index (χ0v) is 36.4. The lowest BCUT2D eigenvalue weighted by atomic mass is 9.70. The molecule has 0 N–H and O–H groups in total. The van der Waals surface area contributed by atoms with Crippen LogP contribution in [0, 0.1) is 41.5 Å². The van der Waals surface area contributed by atoms with E-state index in [9.17, 15) is 0 Å². The van der Waals surface area contributed by atoms with E-state index in [0.29, 0.717) is 17.5 Å². The van der Waals surface area contributed by atoms with E-state index in [-0.39, 0.29) is 0 Å². The van der Waals surface area contributed by atoms with E-state index in [2.05, 4.69) is 170 Å². The molecule has 0 atom stereocenters. The van der Waals surface area contributed by atoms with Crippen molar-refractivity contribution in [3.8, 4) is 67.7 Å². The van der Waals surface area contributed by atoms with E-state index >= 15 is 0 Å². The second-order valence-electron chi connectivity index (χ2n) is 17.5. The van der Waals surface area contributed by atoms with E-state index in [1.54, 1.807) is 0 Å². The van der Waals surface area contributed by atoms with Crippen LogP contribution in [0.15, 0.2) is 128 Å². The molecule has 0 fully saturated rings. The molecular formula is C57H52N4. The van der Waals surface area contributed by atoms with Crippen LogP contribution < -0.4 is 0 Å². The van der Waals surface area contributed by atoms with Crippen LogP contribution >= 0.6 is 0 Å². The van der Waals surface area contributed by atoms with Gasteiger partial charge >= 0.3 is 0 Å². The minimum atomic E-state index is -0.412. The van der Waals surface area contributed by atoms with E-state index < -0.39 is 5.41 Å². The van der Waals surface area contributed by atoms with Crippen LogP contribution in [0.1, 0.15) is 93.8 Å². The van der Waals surface area contributed by atoms with Gasteiger partial charge in [0, 0.05) is 28.5 Å². The van der Waals surface area contributed by atoms with Gasteiger partial charge in [0.05, 0.1) is 11.1 Å². The third-order valence-corrected chi connectivity index (χ3v) is 13.8. The van der Waals surface area contributed by atoms with E-state index in [4.69, 9.17) is 19.9 Å². The maximum absolute atomic E-state index is 5.15. The molecule has 61 heavy (non-hydrogen) atoms. The molecule has 2 aliphatic carbocycles. The van der Waals surface area contributed by atoms with Crippen molar-refractivity contribution >= 4 is 0 Å². The fraction of sp³-hybridized carbons (Fsp3) is 0.228. The fourth-order valence-electron chi connectivity index (χ4n) is 10.0. The highest BCUT2D eigenvalue weighted by atomic mass is 15.0. The maximum Gasteiger partial charge on any atom is 0.165 e. The van der Waals surface area contributed by atoms with Gasteiger partial charge in [0.1, 0.15) is 0 Å². The molecule has 1 spiro atoms. The van der Waals surface area contributed by atoms with Gasteiger partial charge in [0.2, 0.25) is 0 Å². The molecule has 0 radical (unpaired) electrons. The summed E-state index contributed by atoms with van der Waals surface area (Å²) in [6.45, 7) is 15.2. The van der Waals surface area contributed by atoms with Gasteiger partial charge in [0.25, 0.3) is 0 Å². The first-order valence-corrected chi connectivity index (χ1v) is 22.0. The molecule has 6 aromatic carbocycles. The molecule has 0 unspecified atom stereocenters. The molecule has 8 aromatic rings. The summed E-state index contributed by atoms with van der Waals surface area (Å²) in [4.78, 5) is 20.5. The predicted molar refractivity (Wildman–Crippen MR) is 252 cm³/mol. The summed E-state index contributed by atoms with van der Waals surface area (Å²) in [6.07, 6.45) is 8.05. The lowest BCUT2D eigenvalue weighted by Gasteiger charge is -2.31. The van der Waals surface area contributed by atoms with Gasteiger partial charge in [-0.05, 0) is 180 Å². The number of hydrogen-bond donors (Lipinski definition) is 0. The van der Waals surface area contributed by atoms with E-state index in [1.807, 2.05) is 6.20 Å². The van der Waals surface area contributed by atoms with Crippen molar-refractivity contribution in [1.82, 2.24) is 19.9 Å². The zero-order chi connectivity index (χ0) is 42.0. The first-order chi connectivity index (χ1) is 29.6. The van der Waals surface area contributed by atoms with Gasteiger partial charge in [-0.1, -0.05) is 105 Å². The zero-order valence-electron chi connectivity index (χ0n) is 36.4. The van der Waals surface area contributed by atoms with Crippen molar-refractivity contribution in [2.75, 3.05) is 0 Å². The fourth-order valence-corrected chi connectivity index (χ4v) is 10.0. The van der Waals surface area contributed by atoms with Gasteiger partial charge in [0.15, 0.2) is 17.5 Å². The standard InChI is InChI=1S/C57H52N4/c1-8-9-10-11-16-40-21-24-47-48-25-22-41(32-52(48)57(51(47)31-40)49-19-14-12-17-45(49)46-18-13-15-20-50(46)57)53-26-23-42(33-58-53)54-59-55(43-27-34(2)38(6)35(3)28-43)61-56(60-54)44-29-36(4)39(7)37(5)30-44/h12-15,17-33H,8-11,16H2,1-7H3. The second kappa shape index (κ2) is 15.2. The summed E-state index contributed by atoms with van der Waals surface area (Å²) in [6, 6.07) is 45.4. The lowest BCUT2D eigenvalue weighted by molar-refractivity contribution is 0.666. The van der Waals surface area contributed by atoms with Crippen LogP contribution in [-0.4, -0.2) is 19.9 Å². The molecular weight excluding hydrogens is 741 g/mol. The summed E-state index contributed by atoms with van der Waals surface area (Å²) >= 11 is 0. The second-order valence-corrected chi connectivity index (χ2v) is 17.5. The topological polar surface area (TPSA) is 51.6 Å². The third-order valence-electron chi connectivity index (χ3n) is 13.8. The van der Waals surface area contributed by atoms with E-state index in [0.717, 1.165) is 34.4 Å². The molecule has 0 saturated heterocycles. The number of rotatable bonds is 9. The first-order valence-electron chi connectivity index (χ1n) is 22.0. The Balaban J connectivity index is 1.09. The summed E-state index contributed by atoms with van der Waals surface area (Å²) in [5.74, 6) is 1.94. The molecule has 10 rings (SSSR count). The van der Waals surface area contributed by atoms with Crippen molar-refractivity contribution in [3.63, 3.8) is 0 Å². The van der Waals surface area contributed by atoms with Crippen molar-refractivity contribution in [2.24, 2.45) is 0 Å². The summed E-state index contributed by atoms with van der Waals surface area (Å²) in [5.41, 5.74) is 24.0. The van der Waals surface area contributed by atoms with Crippen LogP contribution in [0.4, 0.5) is 0 Å². The molecule has 2 heterocycles. The van der Waals surface area contributed by atoms with Gasteiger partial charge in [-0.25, -0.2) is 15.0 Å². The molecule has 0 saturated carbocycles. The van der Waals surface area contributed by atoms with Crippen molar-refractivity contribution in [1.29, 1.82) is 0 Å². The number of nitrogens with zero attached hydrogens (tertiary/aromatic N) is 4. The van der Waals surface area contributed by atoms with Gasteiger partial charge in [-0.3, -0.25) is 4.98 Å². The van der Waals surface area contributed by atoms with Crippen molar-refractivity contribution < 1.29 is 0 Å².